The van der Waals surface area contributed by atoms with Gasteiger partial charge in [-0.25, -0.2) is 0 Å². The number of nitrogens with one attached hydrogen (secondary N) is 2. The quantitative estimate of drug-likeness (QED) is 0.372. The van der Waals surface area contributed by atoms with Crippen molar-refractivity contribution in [1.29, 1.82) is 0 Å². The zero-order chi connectivity index (χ0) is 29.1. The van der Waals surface area contributed by atoms with Gasteiger partial charge in [-0.15, -0.1) is 0 Å². The number of carbonyl (C=O) groups is 2. The smallest absolute Gasteiger partial charge is 0.258 e. The number of hydrogen-bond donors (Lipinski definition) is 2. The second kappa shape index (κ2) is 11.6. The Morgan fingerprint density at radius 2 is 1.81 bits per heavy atom. The van der Waals surface area contributed by atoms with Gasteiger partial charge in [0.05, 0.1) is 32.5 Å². The number of methoxy groups -OCH3 is 2. The fourth-order valence-corrected chi connectivity index (χ4v) is 4.98. The highest BCUT2D eigenvalue weighted by molar-refractivity contribution is 5.95. The Hall–Kier alpha value is -5.33. The molecule has 1 fully saturated rings. The van der Waals surface area contributed by atoms with Crippen LogP contribution in [0.1, 0.15) is 15.9 Å². The lowest BCUT2D eigenvalue weighted by atomic mass is 10.1. The molecule has 1 saturated heterocycles. The number of rotatable bonds is 4. The van der Waals surface area contributed by atoms with Crippen LogP contribution >= 0.6 is 0 Å². The third-order valence-electron chi connectivity index (χ3n) is 7.09. The van der Waals surface area contributed by atoms with Gasteiger partial charge in [0.25, 0.3) is 17.8 Å². The molecule has 13 nitrogen and oxygen atoms in total. The summed E-state index contributed by atoms with van der Waals surface area (Å²) in [5.74, 6) is 1.68. The predicted molar refractivity (Wildman–Crippen MR) is 150 cm³/mol. The number of ether oxygens (including phenoxy) is 4. The van der Waals surface area contributed by atoms with E-state index in [4.69, 9.17) is 18.9 Å². The molecule has 2 N–H and O–H groups in total. The van der Waals surface area contributed by atoms with Crippen molar-refractivity contribution in [2.24, 2.45) is 0 Å². The Kier molecular flexibility index (Phi) is 7.45. The second-order valence-electron chi connectivity index (χ2n) is 9.80. The summed E-state index contributed by atoms with van der Waals surface area (Å²) in [4.78, 5) is 28.0. The van der Waals surface area contributed by atoms with Crippen molar-refractivity contribution in [2.45, 2.75) is 18.7 Å². The molecule has 3 aromatic carbocycles. The maximum absolute atomic E-state index is 13.6. The molecule has 7 rings (SSSR count). The van der Waals surface area contributed by atoms with Crippen LogP contribution in [0.4, 0.5) is 5.95 Å². The molecule has 1 aromatic heterocycles. The van der Waals surface area contributed by atoms with Crippen molar-refractivity contribution in [1.82, 2.24) is 30.8 Å². The zero-order valence-corrected chi connectivity index (χ0v) is 23.0. The van der Waals surface area contributed by atoms with E-state index < -0.39 is 12.1 Å². The van der Waals surface area contributed by atoms with Crippen LogP contribution in [0, 0.1) is 0 Å². The van der Waals surface area contributed by atoms with E-state index in [1.165, 1.54) is 7.11 Å². The maximum atomic E-state index is 13.6. The zero-order valence-electron chi connectivity index (χ0n) is 23.0. The first-order valence-electron chi connectivity index (χ1n) is 13.3. The summed E-state index contributed by atoms with van der Waals surface area (Å²) in [6.07, 6.45) is -0.470. The van der Waals surface area contributed by atoms with E-state index in [9.17, 15) is 9.59 Å². The molecule has 4 aromatic rings. The van der Waals surface area contributed by atoms with Gasteiger partial charge < -0.3 is 34.5 Å². The number of carbonyl (C=O) groups excluding carboxylic acids is 2. The van der Waals surface area contributed by atoms with E-state index in [0.717, 1.165) is 11.3 Å². The van der Waals surface area contributed by atoms with Crippen molar-refractivity contribution in [2.75, 3.05) is 38.8 Å². The minimum absolute atomic E-state index is 0.233. The average Bonchev–Trinajstić information content (AvgIpc) is 3.66. The molecule has 2 atom stereocenters. The molecular formula is C29H29N7O6. The molecule has 0 saturated carbocycles. The Labute approximate surface area is 241 Å². The van der Waals surface area contributed by atoms with Gasteiger partial charge in [0.1, 0.15) is 29.1 Å². The van der Waals surface area contributed by atoms with Gasteiger partial charge in [0.2, 0.25) is 0 Å². The van der Waals surface area contributed by atoms with Crippen molar-refractivity contribution in [3.63, 3.8) is 0 Å². The van der Waals surface area contributed by atoms with Crippen molar-refractivity contribution in [3.8, 4) is 28.7 Å². The van der Waals surface area contributed by atoms with Gasteiger partial charge in [0.15, 0.2) is 6.61 Å². The lowest BCUT2D eigenvalue weighted by Crippen LogP contribution is -2.45. The lowest BCUT2D eigenvalue weighted by molar-refractivity contribution is -0.123. The number of nitrogens with zero attached hydrogens (tertiary/aromatic N) is 5. The van der Waals surface area contributed by atoms with Crippen LogP contribution in [-0.2, 0) is 11.3 Å². The van der Waals surface area contributed by atoms with Gasteiger partial charge in [-0.2, -0.15) is 4.68 Å². The number of anilines is 1. The highest BCUT2D eigenvalue weighted by atomic mass is 16.5. The van der Waals surface area contributed by atoms with E-state index in [0.29, 0.717) is 47.6 Å². The summed E-state index contributed by atoms with van der Waals surface area (Å²) in [5, 5.41) is 18.3. The maximum Gasteiger partial charge on any atom is 0.258 e. The Bertz CT molecular complexity index is 1590. The van der Waals surface area contributed by atoms with Crippen molar-refractivity contribution < 1.29 is 28.5 Å². The molecular weight excluding hydrogens is 542 g/mol. The lowest BCUT2D eigenvalue weighted by Gasteiger charge is -2.22. The number of aromatic nitrogens is 4. The predicted octanol–water partition coefficient (Wildman–Crippen LogP) is 1.75. The van der Waals surface area contributed by atoms with E-state index in [1.807, 2.05) is 47.4 Å². The van der Waals surface area contributed by atoms with Crippen LogP contribution in [0.15, 0.2) is 66.7 Å². The number of hydrogen-bond acceptors (Lipinski definition) is 10. The summed E-state index contributed by atoms with van der Waals surface area (Å²) < 4.78 is 24.8. The van der Waals surface area contributed by atoms with E-state index >= 15 is 0 Å². The fraction of sp³-hybridized carbons (Fsp3) is 0.276. The third kappa shape index (κ3) is 5.61. The molecule has 0 spiro atoms. The fourth-order valence-electron chi connectivity index (χ4n) is 4.98. The molecule has 42 heavy (non-hydrogen) atoms. The molecule has 0 radical (unpaired) electrons. The molecule has 216 valence electrons. The summed E-state index contributed by atoms with van der Waals surface area (Å²) in [5.41, 5.74) is 1.89. The van der Waals surface area contributed by atoms with Crippen LogP contribution in [0.5, 0.6) is 23.0 Å². The monoisotopic (exact) mass is 571 g/mol. The molecule has 3 aliphatic heterocycles. The van der Waals surface area contributed by atoms with Gasteiger partial charge in [-0.1, -0.05) is 23.3 Å². The van der Waals surface area contributed by atoms with Crippen molar-refractivity contribution in [3.05, 3.63) is 77.9 Å². The molecule has 4 bridgehead atoms. The molecule has 2 amide bonds. The number of benzene rings is 3. The summed E-state index contributed by atoms with van der Waals surface area (Å²) in [6, 6.07) is 19.3. The first-order chi connectivity index (χ1) is 20.5. The number of fused-ring (bicyclic) bond motifs is 7. The topological polar surface area (TPSA) is 142 Å². The van der Waals surface area contributed by atoms with Crippen LogP contribution in [0.2, 0.25) is 0 Å². The summed E-state index contributed by atoms with van der Waals surface area (Å²) in [6.45, 7) is 0.764. The third-order valence-corrected chi connectivity index (χ3v) is 7.09. The molecule has 0 unspecified atom stereocenters. The summed E-state index contributed by atoms with van der Waals surface area (Å²) >= 11 is 0. The SMILES string of the molecule is COc1cc2cc(c1)C(=O)N[C@H]1CN(c3nnnn3-c3ccccc3)C[C@@H]1Oc1ccc(c(OC)c1)CNC(=O)CO2. The minimum Gasteiger partial charge on any atom is -0.497 e. The van der Waals surface area contributed by atoms with Gasteiger partial charge in [0, 0.05) is 36.3 Å². The standard InChI is InChI=1S/C29H29N7O6/c1-39-22-10-19-11-23(12-22)41-17-27(37)30-14-18-8-9-21(13-25(18)40-2)42-26-16-35(15-24(26)31-28(19)38)29-32-33-34-36(29)20-6-4-3-5-7-20/h3-13,24,26H,14-17H2,1-2H3,(H,30,37)(H,31,38)/t24-,26-/m0/s1. The van der Waals surface area contributed by atoms with Crippen LogP contribution in [0.25, 0.3) is 5.69 Å². The largest absolute Gasteiger partial charge is 0.497 e. The average molecular weight is 572 g/mol. The van der Waals surface area contributed by atoms with E-state index in [2.05, 4.69) is 26.2 Å². The minimum atomic E-state index is -0.470. The number of tetrazole rings is 1. The number of para-hydroxylation sites is 1. The second-order valence-corrected chi connectivity index (χ2v) is 9.80. The Morgan fingerprint density at radius 3 is 2.62 bits per heavy atom. The molecule has 3 aliphatic rings. The van der Waals surface area contributed by atoms with Gasteiger partial charge >= 0.3 is 0 Å². The normalized spacial score (nSPS) is 18.7. The van der Waals surface area contributed by atoms with Crippen LogP contribution < -0.4 is 34.5 Å². The van der Waals surface area contributed by atoms with Crippen LogP contribution in [0.3, 0.4) is 0 Å². The molecule has 0 aliphatic carbocycles. The van der Waals surface area contributed by atoms with Crippen molar-refractivity contribution >= 4 is 17.8 Å². The first-order valence-corrected chi connectivity index (χ1v) is 13.3. The number of amides is 2. The Balaban J connectivity index is 1.35. The molecule has 13 heteroatoms. The van der Waals surface area contributed by atoms with E-state index in [-0.39, 0.29) is 25.0 Å². The van der Waals surface area contributed by atoms with Gasteiger partial charge in [-0.05, 0) is 46.8 Å². The highest BCUT2D eigenvalue weighted by Crippen LogP contribution is 2.29. The van der Waals surface area contributed by atoms with Crippen LogP contribution in [-0.4, -0.2) is 78.1 Å². The summed E-state index contributed by atoms with van der Waals surface area (Å²) in [7, 11) is 3.05. The highest BCUT2D eigenvalue weighted by Gasteiger charge is 2.38. The van der Waals surface area contributed by atoms with E-state index in [1.54, 1.807) is 36.1 Å². The molecule has 4 heterocycles. The first kappa shape index (κ1) is 26.9. The Morgan fingerprint density at radius 1 is 0.952 bits per heavy atom. The van der Waals surface area contributed by atoms with Gasteiger partial charge in [-0.3, -0.25) is 9.59 Å².